The average Bonchev–Trinajstić information content (AvgIpc) is 2.92. The predicted octanol–water partition coefficient (Wildman–Crippen LogP) is 1.89. The number of amides is 1. The topological polar surface area (TPSA) is 72.6 Å². The molecule has 0 fully saturated rings. The Kier molecular flexibility index (Phi) is 6.43. The maximum atomic E-state index is 12.3. The summed E-state index contributed by atoms with van der Waals surface area (Å²) in [5.41, 5.74) is 1.87. The minimum absolute atomic E-state index is 0.0729. The quantitative estimate of drug-likeness (QED) is 0.740. The van der Waals surface area contributed by atoms with Crippen molar-refractivity contribution in [2.24, 2.45) is 0 Å². The van der Waals surface area contributed by atoms with Crippen molar-refractivity contribution in [1.29, 1.82) is 0 Å². The Morgan fingerprint density at radius 1 is 1.26 bits per heavy atom. The van der Waals surface area contributed by atoms with E-state index in [0.717, 1.165) is 22.2 Å². The lowest BCUT2D eigenvalue weighted by atomic mass is 10.1. The van der Waals surface area contributed by atoms with Crippen LogP contribution in [0.2, 0.25) is 0 Å². The van der Waals surface area contributed by atoms with Gasteiger partial charge in [-0.05, 0) is 24.6 Å². The van der Waals surface area contributed by atoms with Crippen LogP contribution in [0.1, 0.15) is 12.5 Å². The molecule has 0 unspecified atom stereocenters. The van der Waals surface area contributed by atoms with Crippen LogP contribution in [0.25, 0.3) is 10.9 Å². The van der Waals surface area contributed by atoms with E-state index in [2.05, 4.69) is 10.3 Å². The number of nitrogens with one attached hydrogen (secondary N) is 2. The molecule has 2 aromatic rings. The van der Waals surface area contributed by atoms with Gasteiger partial charge in [0.25, 0.3) is 0 Å². The summed E-state index contributed by atoms with van der Waals surface area (Å²) in [4.78, 5) is 15.5. The fourth-order valence-electron chi connectivity index (χ4n) is 2.62. The first-order valence-corrected chi connectivity index (χ1v) is 7.68. The van der Waals surface area contributed by atoms with E-state index in [1.165, 1.54) is 0 Å². The van der Waals surface area contributed by atoms with E-state index in [-0.39, 0.29) is 18.4 Å². The molecule has 23 heavy (non-hydrogen) atoms. The van der Waals surface area contributed by atoms with Crippen molar-refractivity contribution in [3.8, 4) is 5.75 Å². The molecule has 1 aromatic carbocycles. The second-order valence-electron chi connectivity index (χ2n) is 5.28. The summed E-state index contributed by atoms with van der Waals surface area (Å²) < 4.78 is 15.9. The van der Waals surface area contributed by atoms with Gasteiger partial charge in [0, 0.05) is 31.3 Å². The van der Waals surface area contributed by atoms with Gasteiger partial charge in [0.15, 0.2) is 0 Å². The van der Waals surface area contributed by atoms with Gasteiger partial charge in [-0.2, -0.15) is 0 Å². The Labute approximate surface area is 136 Å². The van der Waals surface area contributed by atoms with Crippen LogP contribution in [-0.2, 0) is 20.7 Å². The number of hydrogen-bond donors (Lipinski definition) is 2. The van der Waals surface area contributed by atoms with Crippen LogP contribution in [-0.4, -0.2) is 51.0 Å². The lowest BCUT2D eigenvalue weighted by Crippen LogP contribution is -2.41. The fourth-order valence-corrected chi connectivity index (χ4v) is 2.62. The molecule has 1 aromatic heterocycles. The highest BCUT2D eigenvalue weighted by molar-refractivity contribution is 5.93. The van der Waals surface area contributed by atoms with Gasteiger partial charge in [0.2, 0.25) is 5.91 Å². The molecule has 1 heterocycles. The molecule has 0 saturated heterocycles. The molecule has 0 bridgehead atoms. The van der Waals surface area contributed by atoms with Crippen LogP contribution < -0.4 is 10.1 Å². The molecule has 0 radical (unpaired) electrons. The van der Waals surface area contributed by atoms with Crippen molar-refractivity contribution in [3.63, 3.8) is 0 Å². The fraction of sp³-hybridized carbons (Fsp3) is 0.471. The smallest absolute Gasteiger partial charge is 0.224 e. The zero-order valence-corrected chi connectivity index (χ0v) is 13.8. The molecule has 6 heteroatoms. The standard InChI is InChI=1S/C17H24N2O4/c1-4-23-15-7-5-6-14-17(15)12(9-18-14)8-16(20)19-13(10-21-2)11-22-3/h5-7,9,13,18H,4,8,10-11H2,1-3H3,(H,19,20). The Morgan fingerprint density at radius 3 is 2.65 bits per heavy atom. The average molecular weight is 320 g/mol. The van der Waals surface area contributed by atoms with Gasteiger partial charge in [-0.25, -0.2) is 0 Å². The second-order valence-corrected chi connectivity index (χ2v) is 5.28. The third kappa shape index (κ3) is 4.46. The van der Waals surface area contributed by atoms with E-state index in [4.69, 9.17) is 14.2 Å². The minimum atomic E-state index is -0.158. The molecule has 0 saturated carbocycles. The maximum Gasteiger partial charge on any atom is 0.224 e. The van der Waals surface area contributed by atoms with Crippen LogP contribution in [0.4, 0.5) is 0 Å². The van der Waals surface area contributed by atoms with Gasteiger partial charge in [-0.3, -0.25) is 4.79 Å². The molecule has 2 rings (SSSR count). The van der Waals surface area contributed by atoms with Gasteiger partial charge in [-0.15, -0.1) is 0 Å². The summed E-state index contributed by atoms with van der Waals surface area (Å²) in [5, 5.41) is 3.89. The number of carbonyl (C=O) groups is 1. The molecule has 0 aliphatic rings. The normalized spacial score (nSPS) is 11.1. The first-order valence-electron chi connectivity index (χ1n) is 7.68. The van der Waals surface area contributed by atoms with Gasteiger partial charge in [0.05, 0.1) is 32.3 Å². The molecule has 6 nitrogen and oxygen atoms in total. The van der Waals surface area contributed by atoms with Crippen molar-refractivity contribution in [3.05, 3.63) is 30.0 Å². The van der Waals surface area contributed by atoms with Crippen LogP contribution in [0.15, 0.2) is 24.4 Å². The largest absolute Gasteiger partial charge is 0.493 e. The van der Waals surface area contributed by atoms with Crippen LogP contribution >= 0.6 is 0 Å². The highest BCUT2D eigenvalue weighted by Gasteiger charge is 2.16. The second kappa shape index (κ2) is 8.55. The summed E-state index contributed by atoms with van der Waals surface area (Å²) in [6.45, 7) is 3.35. The molecular formula is C17H24N2O4. The predicted molar refractivity (Wildman–Crippen MR) is 88.9 cm³/mol. The third-order valence-corrected chi connectivity index (χ3v) is 3.50. The number of rotatable bonds is 9. The first kappa shape index (κ1) is 17.3. The van der Waals surface area contributed by atoms with Gasteiger partial charge in [-0.1, -0.05) is 6.07 Å². The molecular weight excluding hydrogens is 296 g/mol. The van der Waals surface area contributed by atoms with E-state index in [9.17, 15) is 4.79 Å². The van der Waals surface area contributed by atoms with E-state index >= 15 is 0 Å². The summed E-state index contributed by atoms with van der Waals surface area (Å²) in [6, 6.07) is 5.66. The SMILES string of the molecule is CCOc1cccc2[nH]cc(CC(=O)NC(COC)COC)c12. The Bertz CT molecular complexity index is 633. The number of benzene rings is 1. The molecule has 2 N–H and O–H groups in total. The maximum absolute atomic E-state index is 12.3. The molecule has 0 atom stereocenters. The summed E-state index contributed by atoms with van der Waals surface area (Å²) in [5.74, 6) is 0.718. The van der Waals surface area contributed by atoms with Crippen molar-refractivity contribution < 1.29 is 19.0 Å². The number of hydrogen-bond acceptors (Lipinski definition) is 4. The monoisotopic (exact) mass is 320 g/mol. The summed E-state index contributed by atoms with van der Waals surface area (Å²) in [7, 11) is 3.20. The number of H-pyrrole nitrogens is 1. The van der Waals surface area contributed by atoms with E-state index in [0.29, 0.717) is 19.8 Å². The van der Waals surface area contributed by atoms with Gasteiger partial charge in [0.1, 0.15) is 5.75 Å². The van der Waals surface area contributed by atoms with E-state index in [1.807, 2.05) is 31.3 Å². The Morgan fingerprint density at radius 2 is 2.00 bits per heavy atom. The highest BCUT2D eigenvalue weighted by Crippen LogP contribution is 2.29. The number of aromatic amines is 1. The first-order chi connectivity index (χ1) is 11.2. The molecule has 0 aliphatic heterocycles. The number of carbonyl (C=O) groups excluding carboxylic acids is 1. The van der Waals surface area contributed by atoms with Crippen molar-refractivity contribution in [2.75, 3.05) is 34.0 Å². The van der Waals surface area contributed by atoms with Crippen LogP contribution in [0.3, 0.4) is 0 Å². The molecule has 126 valence electrons. The van der Waals surface area contributed by atoms with Crippen molar-refractivity contribution >= 4 is 16.8 Å². The van der Waals surface area contributed by atoms with Gasteiger partial charge < -0.3 is 24.5 Å². The lowest BCUT2D eigenvalue weighted by Gasteiger charge is -2.17. The number of fused-ring (bicyclic) bond motifs is 1. The van der Waals surface area contributed by atoms with E-state index in [1.54, 1.807) is 14.2 Å². The van der Waals surface area contributed by atoms with E-state index < -0.39 is 0 Å². The van der Waals surface area contributed by atoms with Crippen molar-refractivity contribution in [1.82, 2.24) is 10.3 Å². The van der Waals surface area contributed by atoms with Gasteiger partial charge >= 0.3 is 0 Å². The van der Waals surface area contributed by atoms with Crippen molar-refractivity contribution in [2.45, 2.75) is 19.4 Å². The zero-order chi connectivity index (χ0) is 16.7. The molecule has 1 amide bonds. The number of ether oxygens (including phenoxy) is 3. The number of methoxy groups -OCH3 is 2. The van der Waals surface area contributed by atoms with Crippen LogP contribution in [0.5, 0.6) is 5.75 Å². The summed E-state index contributed by atoms with van der Waals surface area (Å²) >= 11 is 0. The van der Waals surface area contributed by atoms with Crippen LogP contribution in [0, 0.1) is 0 Å². The zero-order valence-electron chi connectivity index (χ0n) is 13.8. The number of aromatic nitrogens is 1. The minimum Gasteiger partial charge on any atom is -0.493 e. The summed E-state index contributed by atoms with van der Waals surface area (Å²) in [6.07, 6.45) is 2.13. The highest BCUT2D eigenvalue weighted by atomic mass is 16.5. The molecule has 0 aliphatic carbocycles. The third-order valence-electron chi connectivity index (χ3n) is 3.50. The lowest BCUT2D eigenvalue weighted by molar-refractivity contribution is -0.121. The Hall–Kier alpha value is -2.05. The Balaban J connectivity index is 2.13. The molecule has 0 spiro atoms.